The molecule has 1 unspecified atom stereocenters. The van der Waals surface area contributed by atoms with E-state index in [0.717, 1.165) is 42.4 Å². The molecule has 2 heterocycles. The predicted octanol–water partition coefficient (Wildman–Crippen LogP) is 2.99. The third kappa shape index (κ3) is 5.09. The van der Waals surface area contributed by atoms with E-state index in [2.05, 4.69) is 53.6 Å². The molecule has 0 spiro atoms. The van der Waals surface area contributed by atoms with Crippen molar-refractivity contribution < 1.29 is 4.79 Å². The number of nitriles is 1. The first kappa shape index (κ1) is 20.3. The number of aromatic nitrogens is 1. The van der Waals surface area contributed by atoms with E-state index in [4.69, 9.17) is 10.2 Å². The molecule has 2 N–H and O–H groups in total. The number of anilines is 1. The molecular weight excluding hydrogens is 370 g/mol. The van der Waals surface area contributed by atoms with Crippen molar-refractivity contribution in [2.75, 3.05) is 37.6 Å². The van der Waals surface area contributed by atoms with E-state index in [1.807, 2.05) is 11.4 Å². The molecule has 1 fully saturated rings. The number of benzene rings is 1. The molecule has 1 aliphatic rings. The zero-order chi connectivity index (χ0) is 19.9. The van der Waals surface area contributed by atoms with E-state index in [1.165, 1.54) is 5.69 Å². The average Bonchev–Trinajstić information content (AvgIpc) is 3.21. The Labute approximate surface area is 170 Å². The summed E-state index contributed by atoms with van der Waals surface area (Å²) in [4.78, 5) is 19.6. The molecule has 1 aliphatic heterocycles. The summed E-state index contributed by atoms with van der Waals surface area (Å²) in [6, 6.07) is 10.5. The summed E-state index contributed by atoms with van der Waals surface area (Å²) in [7, 11) is 0. The van der Waals surface area contributed by atoms with E-state index in [1.54, 1.807) is 11.3 Å². The van der Waals surface area contributed by atoms with E-state index in [0.29, 0.717) is 12.3 Å². The highest BCUT2D eigenvalue weighted by molar-refractivity contribution is 7.13. The fraction of sp³-hybridized carbons (Fsp3) is 0.476. The fourth-order valence-corrected chi connectivity index (χ4v) is 4.28. The number of hydrogen-bond donors (Lipinski definition) is 2. The van der Waals surface area contributed by atoms with Crippen LogP contribution in [0, 0.1) is 17.2 Å². The minimum atomic E-state index is -0.321. The largest absolute Gasteiger partial charge is 0.369 e. The quantitative estimate of drug-likeness (QED) is 0.702. The molecule has 7 heteroatoms. The summed E-state index contributed by atoms with van der Waals surface area (Å²) < 4.78 is 0. The van der Waals surface area contributed by atoms with Crippen LogP contribution >= 0.6 is 11.3 Å². The molecule has 0 aliphatic carbocycles. The molecule has 0 radical (unpaired) electrons. The first-order valence-corrected chi connectivity index (χ1v) is 10.6. The van der Waals surface area contributed by atoms with Crippen LogP contribution in [0.3, 0.4) is 0 Å². The summed E-state index contributed by atoms with van der Waals surface area (Å²) in [5, 5.41) is 17.7. The van der Waals surface area contributed by atoms with Gasteiger partial charge >= 0.3 is 0 Å². The number of carbonyl (C=O) groups is 1. The Balaban J connectivity index is 1.75. The van der Waals surface area contributed by atoms with E-state index < -0.39 is 0 Å². The minimum absolute atomic E-state index is 0.0257. The van der Waals surface area contributed by atoms with Crippen LogP contribution in [0.25, 0.3) is 10.6 Å². The van der Waals surface area contributed by atoms with Crippen molar-refractivity contribution in [3.05, 3.63) is 35.3 Å². The van der Waals surface area contributed by atoms with E-state index in [-0.39, 0.29) is 18.4 Å². The van der Waals surface area contributed by atoms with Gasteiger partial charge in [-0.2, -0.15) is 5.26 Å². The second kappa shape index (κ2) is 9.67. The number of carbonyl (C=O) groups excluding carboxylic acids is 1. The first-order valence-electron chi connectivity index (χ1n) is 9.74. The molecule has 6 nitrogen and oxygen atoms in total. The van der Waals surface area contributed by atoms with Crippen LogP contribution in [0.5, 0.6) is 0 Å². The lowest BCUT2D eigenvalue weighted by molar-refractivity contribution is -0.122. The van der Waals surface area contributed by atoms with Crippen LogP contribution in [0.2, 0.25) is 0 Å². The number of piperazine rings is 1. The second-order valence-corrected chi connectivity index (χ2v) is 8.28. The standard InChI is InChI=1S/C21H27N5OS/c1-15(2)13-18(20(27)24-8-7-22)19-14-28-21(25-19)16-3-5-17(6-4-16)26-11-9-23-10-12-26/h3-6,14-15,18,23H,8-13H2,1-2H3,(H,24,27). The van der Waals surface area contributed by atoms with Crippen LogP contribution in [-0.2, 0) is 4.79 Å². The van der Waals surface area contributed by atoms with Crippen molar-refractivity contribution in [3.63, 3.8) is 0 Å². The summed E-state index contributed by atoms with van der Waals surface area (Å²) in [6.45, 7) is 8.29. The molecule has 3 rings (SSSR count). The average molecular weight is 398 g/mol. The minimum Gasteiger partial charge on any atom is -0.369 e. The van der Waals surface area contributed by atoms with Gasteiger partial charge in [0.25, 0.3) is 0 Å². The van der Waals surface area contributed by atoms with Gasteiger partial charge in [-0.25, -0.2) is 4.98 Å². The van der Waals surface area contributed by atoms with E-state index in [9.17, 15) is 4.79 Å². The second-order valence-electron chi connectivity index (χ2n) is 7.42. The summed E-state index contributed by atoms with van der Waals surface area (Å²) >= 11 is 1.56. The van der Waals surface area contributed by atoms with Crippen LogP contribution < -0.4 is 15.5 Å². The maximum atomic E-state index is 12.5. The van der Waals surface area contributed by atoms with Crippen LogP contribution in [-0.4, -0.2) is 43.6 Å². The number of nitrogens with zero attached hydrogens (tertiary/aromatic N) is 3. The Kier molecular flexibility index (Phi) is 7.01. The van der Waals surface area contributed by atoms with Crippen molar-refractivity contribution >= 4 is 22.9 Å². The van der Waals surface area contributed by atoms with Gasteiger partial charge in [-0.15, -0.1) is 11.3 Å². The Morgan fingerprint density at radius 3 is 2.68 bits per heavy atom. The Bertz CT molecular complexity index is 818. The molecule has 1 aromatic heterocycles. The lowest BCUT2D eigenvalue weighted by Crippen LogP contribution is -2.43. The van der Waals surface area contributed by atoms with Crippen LogP contribution in [0.1, 0.15) is 31.9 Å². The third-order valence-electron chi connectivity index (χ3n) is 4.84. The Morgan fingerprint density at radius 2 is 2.04 bits per heavy atom. The highest BCUT2D eigenvalue weighted by atomic mass is 32.1. The monoisotopic (exact) mass is 397 g/mol. The molecule has 1 saturated heterocycles. The van der Waals surface area contributed by atoms with Crippen molar-refractivity contribution in [1.82, 2.24) is 15.6 Å². The van der Waals surface area contributed by atoms with Gasteiger partial charge in [0.1, 0.15) is 11.6 Å². The van der Waals surface area contributed by atoms with Crippen LogP contribution in [0.15, 0.2) is 29.6 Å². The first-order chi connectivity index (χ1) is 13.6. The fourth-order valence-electron chi connectivity index (χ4n) is 3.40. The summed E-state index contributed by atoms with van der Waals surface area (Å²) in [5.74, 6) is -0.0825. The predicted molar refractivity (Wildman–Crippen MR) is 113 cm³/mol. The number of nitrogens with one attached hydrogen (secondary N) is 2. The zero-order valence-electron chi connectivity index (χ0n) is 16.4. The lowest BCUT2D eigenvalue weighted by Gasteiger charge is -2.29. The van der Waals surface area contributed by atoms with Gasteiger partial charge in [0, 0.05) is 42.8 Å². The molecule has 148 valence electrons. The normalized spacial score (nSPS) is 15.3. The number of rotatable bonds is 7. The van der Waals surface area contributed by atoms with Gasteiger partial charge in [-0.05, 0) is 36.6 Å². The Hall–Kier alpha value is -2.43. The molecule has 1 amide bonds. The number of thiazole rings is 1. The number of amides is 1. The molecule has 0 saturated carbocycles. The number of hydrogen-bond acceptors (Lipinski definition) is 6. The van der Waals surface area contributed by atoms with Crippen molar-refractivity contribution in [3.8, 4) is 16.6 Å². The molecule has 1 atom stereocenters. The molecule has 2 aromatic rings. The maximum absolute atomic E-state index is 12.5. The Morgan fingerprint density at radius 1 is 1.32 bits per heavy atom. The SMILES string of the molecule is CC(C)CC(C(=O)NCC#N)c1csc(-c2ccc(N3CCNCC3)cc2)n1. The van der Waals surface area contributed by atoms with Gasteiger partial charge in [0.2, 0.25) is 5.91 Å². The molecule has 28 heavy (non-hydrogen) atoms. The highest BCUT2D eigenvalue weighted by Crippen LogP contribution is 2.31. The molecular formula is C21H27N5OS. The van der Waals surface area contributed by atoms with Crippen molar-refractivity contribution in [2.24, 2.45) is 5.92 Å². The molecule has 0 bridgehead atoms. The summed E-state index contributed by atoms with van der Waals surface area (Å²) in [6.07, 6.45) is 0.711. The van der Waals surface area contributed by atoms with Gasteiger partial charge in [0.15, 0.2) is 0 Å². The highest BCUT2D eigenvalue weighted by Gasteiger charge is 2.24. The topological polar surface area (TPSA) is 81.0 Å². The van der Waals surface area contributed by atoms with Gasteiger partial charge in [-0.1, -0.05) is 13.8 Å². The maximum Gasteiger partial charge on any atom is 0.230 e. The van der Waals surface area contributed by atoms with Crippen LogP contribution in [0.4, 0.5) is 5.69 Å². The van der Waals surface area contributed by atoms with Crippen molar-refractivity contribution in [1.29, 1.82) is 5.26 Å². The smallest absolute Gasteiger partial charge is 0.230 e. The summed E-state index contributed by atoms with van der Waals surface area (Å²) in [5.41, 5.74) is 3.08. The third-order valence-corrected chi connectivity index (χ3v) is 5.75. The van der Waals surface area contributed by atoms with Gasteiger partial charge in [-0.3, -0.25) is 4.79 Å². The van der Waals surface area contributed by atoms with Gasteiger partial charge < -0.3 is 15.5 Å². The van der Waals surface area contributed by atoms with Gasteiger partial charge in [0.05, 0.1) is 17.7 Å². The van der Waals surface area contributed by atoms with E-state index >= 15 is 0 Å². The zero-order valence-corrected chi connectivity index (χ0v) is 17.3. The van der Waals surface area contributed by atoms with Crippen molar-refractivity contribution in [2.45, 2.75) is 26.2 Å². The lowest BCUT2D eigenvalue weighted by atomic mass is 9.94. The molecule has 1 aromatic carbocycles.